The summed E-state index contributed by atoms with van der Waals surface area (Å²) in [6.45, 7) is 4.03. The predicted molar refractivity (Wildman–Crippen MR) is 103 cm³/mol. The summed E-state index contributed by atoms with van der Waals surface area (Å²) in [5, 5.41) is 2.86. The summed E-state index contributed by atoms with van der Waals surface area (Å²) in [4.78, 5) is 24.7. The Kier molecular flexibility index (Phi) is 7.39. The fraction of sp³-hybridized carbons (Fsp3) is 0.364. The maximum Gasteiger partial charge on any atom is 0.328 e. The molecule has 2 aromatic rings. The van der Waals surface area contributed by atoms with Crippen molar-refractivity contribution in [2.45, 2.75) is 38.6 Å². The van der Waals surface area contributed by atoms with Crippen LogP contribution in [0.5, 0.6) is 0 Å². The second-order valence-corrected chi connectivity index (χ2v) is 6.85. The van der Waals surface area contributed by atoms with Crippen molar-refractivity contribution in [3.05, 3.63) is 71.8 Å². The number of rotatable bonds is 8. The molecule has 0 aromatic heterocycles. The zero-order valence-electron chi connectivity index (χ0n) is 15.6. The molecule has 1 atom stereocenters. The van der Waals surface area contributed by atoms with E-state index < -0.39 is 12.0 Å². The third-order valence-electron chi connectivity index (χ3n) is 4.32. The van der Waals surface area contributed by atoms with Crippen molar-refractivity contribution in [1.82, 2.24) is 5.32 Å². The van der Waals surface area contributed by atoms with Crippen LogP contribution in [0.3, 0.4) is 0 Å². The number of esters is 1. The summed E-state index contributed by atoms with van der Waals surface area (Å²) in [5.41, 5.74) is 2.15. The van der Waals surface area contributed by atoms with E-state index in [-0.39, 0.29) is 24.2 Å². The number of benzene rings is 2. The number of amides is 1. The Morgan fingerprint density at radius 1 is 0.923 bits per heavy atom. The maximum absolute atomic E-state index is 12.7. The smallest absolute Gasteiger partial charge is 0.328 e. The first-order valence-electron chi connectivity index (χ1n) is 8.98. The number of nitrogens with one attached hydrogen (secondary N) is 1. The molecule has 138 valence electrons. The Morgan fingerprint density at radius 2 is 1.42 bits per heavy atom. The first-order chi connectivity index (χ1) is 12.5. The molecule has 1 N–H and O–H groups in total. The lowest BCUT2D eigenvalue weighted by molar-refractivity contribution is -0.145. The van der Waals surface area contributed by atoms with Gasteiger partial charge < -0.3 is 10.1 Å². The lowest BCUT2D eigenvalue weighted by Gasteiger charge is -2.21. The standard InChI is InChI=1S/C22H27NO3/c1-16(2)14-20(22(25)26-3)23-21(24)15-19(17-10-6-4-7-11-17)18-12-8-5-9-13-18/h4-13,16,19-20H,14-15H2,1-3H3,(H,23,24). The van der Waals surface area contributed by atoms with Gasteiger partial charge in [0.05, 0.1) is 7.11 Å². The van der Waals surface area contributed by atoms with Gasteiger partial charge in [-0.05, 0) is 23.5 Å². The molecule has 2 rings (SSSR count). The Labute approximate surface area is 155 Å². The summed E-state index contributed by atoms with van der Waals surface area (Å²) in [5.74, 6) is -0.338. The Hall–Kier alpha value is -2.62. The van der Waals surface area contributed by atoms with Gasteiger partial charge in [0.25, 0.3) is 0 Å². The molecule has 2 aromatic carbocycles. The molecule has 0 saturated heterocycles. The largest absolute Gasteiger partial charge is 0.467 e. The van der Waals surface area contributed by atoms with Gasteiger partial charge in [0.2, 0.25) is 5.91 Å². The second-order valence-electron chi connectivity index (χ2n) is 6.85. The van der Waals surface area contributed by atoms with E-state index >= 15 is 0 Å². The quantitative estimate of drug-likeness (QED) is 0.732. The van der Waals surface area contributed by atoms with Crippen molar-refractivity contribution in [3.63, 3.8) is 0 Å². The third-order valence-corrected chi connectivity index (χ3v) is 4.32. The van der Waals surface area contributed by atoms with Crippen LogP contribution >= 0.6 is 0 Å². The van der Waals surface area contributed by atoms with Gasteiger partial charge in [-0.1, -0.05) is 74.5 Å². The topological polar surface area (TPSA) is 55.4 Å². The van der Waals surface area contributed by atoms with Crippen molar-refractivity contribution in [2.75, 3.05) is 7.11 Å². The van der Waals surface area contributed by atoms with E-state index in [1.807, 2.05) is 74.5 Å². The first-order valence-corrected chi connectivity index (χ1v) is 8.98. The average molecular weight is 353 g/mol. The number of hydrogen-bond donors (Lipinski definition) is 1. The van der Waals surface area contributed by atoms with E-state index in [9.17, 15) is 9.59 Å². The molecule has 0 aliphatic carbocycles. The molecule has 0 bridgehead atoms. The third kappa shape index (κ3) is 5.73. The van der Waals surface area contributed by atoms with E-state index in [1.165, 1.54) is 7.11 Å². The van der Waals surface area contributed by atoms with Gasteiger partial charge in [-0.25, -0.2) is 4.79 Å². The van der Waals surface area contributed by atoms with Gasteiger partial charge in [0, 0.05) is 12.3 Å². The number of carbonyl (C=O) groups is 2. The number of methoxy groups -OCH3 is 1. The molecule has 0 saturated carbocycles. The molecular weight excluding hydrogens is 326 g/mol. The summed E-state index contributed by atoms with van der Waals surface area (Å²) in [7, 11) is 1.35. The van der Waals surface area contributed by atoms with Crippen molar-refractivity contribution >= 4 is 11.9 Å². The van der Waals surface area contributed by atoms with Gasteiger partial charge >= 0.3 is 5.97 Å². The zero-order chi connectivity index (χ0) is 18.9. The van der Waals surface area contributed by atoms with Gasteiger partial charge in [-0.2, -0.15) is 0 Å². The number of hydrogen-bond acceptors (Lipinski definition) is 3. The van der Waals surface area contributed by atoms with Crippen LogP contribution in [-0.4, -0.2) is 25.0 Å². The van der Waals surface area contributed by atoms with Crippen LogP contribution in [0.15, 0.2) is 60.7 Å². The lowest BCUT2D eigenvalue weighted by Crippen LogP contribution is -2.42. The minimum absolute atomic E-state index is 0.0604. The molecule has 0 aliphatic rings. The fourth-order valence-electron chi connectivity index (χ4n) is 3.07. The van der Waals surface area contributed by atoms with Crippen molar-refractivity contribution in [1.29, 1.82) is 0 Å². The second kappa shape index (κ2) is 9.76. The predicted octanol–water partition coefficient (Wildman–Crippen LogP) is 3.91. The van der Waals surface area contributed by atoms with Crippen LogP contribution in [0.2, 0.25) is 0 Å². The van der Waals surface area contributed by atoms with Gasteiger partial charge in [0.15, 0.2) is 0 Å². The molecule has 1 amide bonds. The SMILES string of the molecule is COC(=O)C(CC(C)C)NC(=O)CC(c1ccccc1)c1ccccc1. The highest BCUT2D eigenvalue weighted by atomic mass is 16.5. The van der Waals surface area contributed by atoms with E-state index in [4.69, 9.17) is 4.74 Å². The van der Waals surface area contributed by atoms with Crippen LogP contribution in [0.1, 0.15) is 43.7 Å². The minimum Gasteiger partial charge on any atom is -0.467 e. The van der Waals surface area contributed by atoms with E-state index in [2.05, 4.69) is 5.32 Å². The average Bonchev–Trinajstić information content (AvgIpc) is 2.66. The minimum atomic E-state index is -0.611. The number of ether oxygens (including phenoxy) is 1. The lowest BCUT2D eigenvalue weighted by atomic mass is 9.88. The maximum atomic E-state index is 12.7. The molecule has 4 nitrogen and oxygen atoms in total. The van der Waals surface area contributed by atoms with Crippen LogP contribution in [0.4, 0.5) is 0 Å². The molecule has 26 heavy (non-hydrogen) atoms. The molecule has 0 heterocycles. The van der Waals surface area contributed by atoms with Crippen LogP contribution < -0.4 is 5.32 Å². The van der Waals surface area contributed by atoms with Gasteiger partial charge in [0.1, 0.15) is 6.04 Å². The summed E-state index contributed by atoms with van der Waals surface area (Å²) >= 11 is 0. The van der Waals surface area contributed by atoms with Crippen molar-refractivity contribution < 1.29 is 14.3 Å². The molecule has 0 spiro atoms. The summed E-state index contributed by atoms with van der Waals surface area (Å²) < 4.78 is 4.83. The van der Waals surface area contributed by atoms with Crippen LogP contribution in [0, 0.1) is 5.92 Å². The van der Waals surface area contributed by atoms with Crippen LogP contribution in [0.25, 0.3) is 0 Å². The highest BCUT2D eigenvalue weighted by Gasteiger charge is 2.25. The molecular formula is C22H27NO3. The summed E-state index contributed by atoms with van der Waals surface area (Å²) in [6.07, 6.45) is 0.833. The Balaban J connectivity index is 2.17. The summed E-state index contributed by atoms with van der Waals surface area (Å²) in [6, 6.07) is 19.3. The van der Waals surface area contributed by atoms with E-state index in [0.29, 0.717) is 6.42 Å². The van der Waals surface area contributed by atoms with Crippen LogP contribution in [-0.2, 0) is 14.3 Å². The first kappa shape index (κ1) is 19.7. The molecule has 0 fully saturated rings. The highest BCUT2D eigenvalue weighted by Crippen LogP contribution is 2.27. The molecule has 1 unspecified atom stereocenters. The van der Waals surface area contributed by atoms with E-state index in [0.717, 1.165) is 11.1 Å². The van der Waals surface area contributed by atoms with Gasteiger partial charge in [-0.15, -0.1) is 0 Å². The Morgan fingerprint density at radius 3 is 1.85 bits per heavy atom. The molecule has 0 radical (unpaired) electrons. The van der Waals surface area contributed by atoms with E-state index in [1.54, 1.807) is 0 Å². The highest BCUT2D eigenvalue weighted by molar-refractivity contribution is 5.85. The molecule has 0 aliphatic heterocycles. The fourth-order valence-corrected chi connectivity index (χ4v) is 3.07. The molecule has 4 heteroatoms. The van der Waals surface area contributed by atoms with Crippen molar-refractivity contribution in [2.24, 2.45) is 5.92 Å². The van der Waals surface area contributed by atoms with Gasteiger partial charge in [-0.3, -0.25) is 4.79 Å². The monoisotopic (exact) mass is 353 g/mol. The van der Waals surface area contributed by atoms with Crippen molar-refractivity contribution in [3.8, 4) is 0 Å². The zero-order valence-corrected chi connectivity index (χ0v) is 15.6. The Bertz CT molecular complexity index is 658. The normalized spacial score (nSPS) is 12.0. The number of carbonyl (C=O) groups excluding carboxylic acids is 2.